The fraction of sp³-hybridized carbons (Fsp3) is 0.214. The molecule has 2 rings (SSSR count). The Bertz CT molecular complexity index is 444. The summed E-state index contributed by atoms with van der Waals surface area (Å²) < 4.78 is 4.84. The van der Waals surface area contributed by atoms with Gasteiger partial charge in [-0.15, -0.1) is 0 Å². The van der Waals surface area contributed by atoms with Gasteiger partial charge in [0.05, 0.1) is 0 Å². The van der Waals surface area contributed by atoms with E-state index in [-0.39, 0.29) is 0 Å². The Morgan fingerprint density at radius 3 is 2.38 bits per heavy atom. The van der Waals surface area contributed by atoms with Crippen molar-refractivity contribution in [3.63, 3.8) is 0 Å². The zero-order valence-electron chi connectivity index (χ0n) is 9.64. The molecule has 0 unspecified atom stereocenters. The van der Waals surface area contributed by atoms with Crippen LogP contribution in [0.5, 0.6) is 5.75 Å². The third-order valence-corrected chi connectivity index (χ3v) is 1.92. The monoisotopic (exact) mass is 216 g/mol. The maximum absolute atomic E-state index is 10.2. The Hall–Kier alpha value is -1.83. The average molecular weight is 216 g/mol. The number of hydrogen-bond acceptors (Lipinski definition) is 2. The summed E-state index contributed by atoms with van der Waals surface area (Å²) in [6.45, 7) is 4.70. The first-order chi connectivity index (χ1) is 7.83. The van der Waals surface area contributed by atoms with Crippen LogP contribution in [0.1, 0.15) is 20.3 Å². The number of carbonyl (C=O) groups excluding carboxylic acids is 1. The van der Waals surface area contributed by atoms with Crippen LogP contribution in [0.25, 0.3) is 10.8 Å². The molecule has 0 amide bonds. The molecule has 0 aliphatic carbocycles. The van der Waals surface area contributed by atoms with Crippen molar-refractivity contribution < 1.29 is 9.53 Å². The summed E-state index contributed by atoms with van der Waals surface area (Å²) in [6, 6.07) is 13.4. The van der Waals surface area contributed by atoms with Crippen LogP contribution in [0, 0.1) is 0 Å². The Morgan fingerprint density at radius 1 is 1.06 bits per heavy atom. The summed E-state index contributed by atoms with van der Waals surface area (Å²) in [5.74, 6) is 0.605. The molecule has 0 bridgehead atoms. The number of hydrogen-bond donors (Lipinski definition) is 0. The zero-order chi connectivity index (χ0) is 11.8. The summed E-state index contributed by atoms with van der Waals surface area (Å²) in [7, 11) is 0. The van der Waals surface area contributed by atoms with Gasteiger partial charge in [0.2, 0.25) is 0 Å². The van der Waals surface area contributed by atoms with Gasteiger partial charge in [-0.1, -0.05) is 56.7 Å². The van der Waals surface area contributed by atoms with E-state index in [0.29, 0.717) is 12.2 Å². The van der Waals surface area contributed by atoms with E-state index in [1.165, 1.54) is 6.42 Å². The molecule has 0 saturated heterocycles. The van der Waals surface area contributed by atoms with Crippen molar-refractivity contribution in [1.82, 2.24) is 0 Å². The number of ether oxygens (including phenoxy) is 1. The maximum Gasteiger partial charge on any atom is 0.298 e. The van der Waals surface area contributed by atoms with Gasteiger partial charge in [-0.3, -0.25) is 4.79 Å². The molecule has 16 heavy (non-hydrogen) atoms. The highest BCUT2D eigenvalue weighted by Gasteiger charge is 1.98. The molecule has 0 heterocycles. The van der Waals surface area contributed by atoms with E-state index < -0.39 is 0 Å². The highest BCUT2D eigenvalue weighted by atomic mass is 16.5. The molecule has 0 spiro atoms. The molecule has 2 heteroatoms. The Balaban J connectivity index is 0.000000386. The number of rotatable bonds is 2. The van der Waals surface area contributed by atoms with Crippen LogP contribution in [0.2, 0.25) is 0 Å². The predicted octanol–water partition coefficient (Wildman–Crippen LogP) is 3.79. The predicted molar refractivity (Wildman–Crippen MR) is 66.6 cm³/mol. The number of carbonyl (C=O) groups is 1. The highest BCUT2D eigenvalue weighted by molar-refractivity contribution is 5.88. The second-order valence-corrected chi connectivity index (χ2v) is 3.40. The van der Waals surface area contributed by atoms with E-state index in [0.717, 1.165) is 10.8 Å². The fourth-order valence-corrected chi connectivity index (χ4v) is 1.35. The van der Waals surface area contributed by atoms with Crippen molar-refractivity contribution in [2.45, 2.75) is 20.3 Å². The van der Waals surface area contributed by atoms with Crippen molar-refractivity contribution in [3.8, 4) is 5.75 Å². The van der Waals surface area contributed by atoms with Gasteiger partial charge in [-0.05, 0) is 11.5 Å². The maximum atomic E-state index is 10.2. The SMILES string of the molecule is CCC.O=COc1cccc2ccccc12. The molecule has 0 fully saturated rings. The van der Waals surface area contributed by atoms with Crippen LogP contribution in [0.4, 0.5) is 0 Å². The van der Waals surface area contributed by atoms with Gasteiger partial charge < -0.3 is 4.74 Å². The van der Waals surface area contributed by atoms with E-state index >= 15 is 0 Å². The van der Waals surface area contributed by atoms with Crippen LogP contribution >= 0.6 is 0 Å². The summed E-state index contributed by atoms with van der Waals surface area (Å²) in [4.78, 5) is 10.2. The molecule has 84 valence electrons. The highest BCUT2D eigenvalue weighted by Crippen LogP contribution is 2.24. The van der Waals surface area contributed by atoms with E-state index in [1.807, 2.05) is 36.4 Å². The molecule has 2 aromatic rings. The lowest BCUT2D eigenvalue weighted by atomic mass is 10.1. The van der Waals surface area contributed by atoms with Gasteiger partial charge in [0, 0.05) is 5.39 Å². The van der Waals surface area contributed by atoms with Crippen molar-refractivity contribution >= 4 is 17.2 Å². The number of fused-ring (bicyclic) bond motifs is 1. The quantitative estimate of drug-likeness (QED) is 0.714. The van der Waals surface area contributed by atoms with Crippen LogP contribution in [0.3, 0.4) is 0 Å². The molecule has 0 aromatic heterocycles. The first-order valence-electron chi connectivity index (χ1n) is 5.41. The third-order valence-electron chi connectivity index (χ3n) is 1.92. The van der Waals surface area contributed by atoms with Crippen LogP contribution < -0.4 is 4.74 Å². The summed E-state index contributed by atoms with van der Waals surface area (Å²) in [5, 5.41) is 2.03. The molecular weight excluding hydrogens is 200 g/mol. The Labute approximate surface area is 95.9 Å². The van der Waals surface area contributed by atoms with Gasteiger partial charge in [-0.25, -0.2) is 0 Å². The molecule has 2 nitrogen and oxygen atoms in total. The lowest BCUT2D eigenvalue weighted by molar-refractivity contribution is -0.120. The second kappa shape index (κ2) is 6.62. The summed E-state index contributed by atoms with van der Waals surface area (Å²) in [5.41, 5.74) is 0. The Morgan fingerprint density at radius 2 is 1.69 bits per heavy atom. The molecule has 0 radical (unpaired) electrons. The molecule has 0 atom stereocenters. The van der Waals surface area contributed by atoms with Gasteiger partial charge in [0.15, 0.2) is 0 Å². The molecule has 2 aromatic carbocycles. The zero-order valence-corrected chi connectivity index (χ0v) is 9.64. The lowest BCUT2D eigenvalue weighted by Crippen LogP contribution is -1.88. The lowest BCUT2D eigenvalue weighted by Gasteiger charge is -2.02. The molecular formula is C14H16O2. The second-order valence-electron chi connectivity index (χ2n) is 3.40. The van der Waals surface area contributed by atoms with Crippen LogP contribution in [0.15, 0.2) is 42.5 Å². The van der Waals surface area contributed by atoms with E-state index in [1.54, 1.807) is 6.07 Å². The van der Waals surface area contributed by atoms with Crippen LogP contribution in [-0.2, 0) is 4.79 Å². The van der Waals surface area contributed by atoms with E-state index in [4.69, 9.17) is 4.74 Å². The Kier molecular flexibility index (Phi) is 5.06. The molecule has 0 saturated carbocycles. The summed E-state index contributed by atoms with van der Waals surface area (Å²) in [6.07, 6.45) is 1.25. The molecule has 0 N–H and O–H groups in total. The largest absolute Gasteiger partial charge is 0.428 e. The third kappa shape index (κ3) is 3.09. The fourth-order valence-electron chi connectivity index (χ4n) is 1.35. The summed E-state index contributed by atoms with van der Waals surface area (Å²) >= 11 is 0. The topological polar surface area (TPSA) is 26.3 Å². The first-order valence-corrected chi connectivity index (χ1v) is 5.41. The van der Waals surface area contributed by atoms with Gasteiger partial charge in [0.1, 0.15) is 5.75 Å². The minimum atomic E-state index is 0.446. The number of benzene rings is 2. The minimum Gasteiger partial charge on any atom is -0.428 e. The van der Waals surface area contributed by atoms with Crippen molar-refractivity contribution in [3.05, 3.63) is 42.5 Å². The van der Waals surface area contributed by atoms with Crippen LogP contribution in [-0.4, -0.2) is 6.47 Å². The molecule has 0 aliphatic rings. The van der Waals surface area contributed by atoms with Crippen molar-refractivity contribution in [2.24, 2.45) is 0 Å². The van der Waals surface area contributed by atoms with Gasteiger partial charge in [-0.2, -0.15) is 0 Å². The normalized spacial score (nSPS) is 9.12. The van der Waals surface area contributed by atoms with E-state index in [2.05, 4.69) is 13.8 Å². The molecule has 0 aliphatic heterocycles. The van der Waals surface area contributed by atoms with Crippen molar-refractivity contribution in [1.29, 1.82) is 0 Å². The standard InChI is InChI=1S/C11H8O2.C3H8/c12-8-13-11-7-3-5-9-4-1-2-6-10(9)11;1-3-2/h1-8H;3H2,1-2H3. The van der Waals surface area contributed by atoms with Gasteiger partial charge >= 0.3 is 0 Å². The van der Waals surface area contributed by atoms with Crippen molar-refractivity contribution in [2.75, 3.05) is 0 Å². The van der Waals surface area contributed by atoms with E-state index in [9.17, 15) is 4.79 Å². The van der Waals surface area contributed by atoms with Gasteiger partial charge in [0.25, 0.3) is 6.47 Å². The minimum absolute atomic E-state index is 0.446. The first kappa shape index (κ1) is 12.2. The average Bonchev–Trinajstić information content (AvgIpc) is 2.31. The smallest absolute Gasteiger partial charge is 0.298 e.